The molecule has 3 unspecified atom stereocenters. The van der Waals surface area contributed by atoms with Gasteiger partial charge in [0.1, 0.15) is 23.4 Å². The van der Waals surface area contributed by atoms with Crippen LogP contribution in [-0.2, 0) is 10.2 Å². The Hall–Kier alpha value is -3.15. The Morgan fingerprint density at radius 3 is 2.45 bits per heavy atom. The maximum Gasteiger partial charge on any atom is 0.357 e. The average Bonchev–Trinajstić information content (AvgIpc) is 3.32. The van der Waals surface area contributed by atoms with Crippen molar-refractivity contribution in [2.75, 3.05) is 0 Å². The van der Waals surface area contributed by atoms with E-state index in [2.05, 4.69) is 9.97 Å². The molecule has 3 atom stereocenters. The highest BCUT2D eigenvalue weighted by molar-refractivity contribution is 5.87. The van der Waals surface area contributed by atoms with Gasteiger partial charge in [0.15, 0.2) is 0 Å². The molecule has 0 aliphatic heterocycles. The molecule has 1 aliphatic carbocycles. The number of nitrogens with zero attached hydrogens (tertiary/aromatic N) is 2. The lowest BCUT2D eigenvalue weighted by Gasteiger charge is -2.18. The van der Waals surface area contributed by atoms with Crippen molar-refractivity contribution in [2.24, 2.45) is 5.92 Å². The normalized spacial score (nSPS) is 22.9. The molecule has 1 aliphatic rings. The van der Waals surface area contributed by atoms with Crippen LogP contribution in [-0.4, -0.2) is 22.0 Å². The molecule has 4 nitrogen and oxygen atoms in total. The van der Waals surface area contributed by atoms with Crippen molar-refractivity contribution < 1.29 is 18.3 Å². The highest BCUT2D eigenvalue weighted by Gasteiger charge is 2.65. The van der Waals surface area contributed by atoms with E-state index in [4.69, 9.17) is 4.74 Å². The van der Waals surface area contributed by atoms with Gasteiger partial charge in [0.05, 0.1) is 5.69 Å². The number of halogens is 2. The van der Waals surface area contributed by atoms with Crippen molar-refractivity contribution in [1.29, 1.82) is 0 Å². The van der Waals surface area contributed by atoms with Crippen LogP contribution in [0.3, 0.4) is 0 Å². The fourth-order valence-electron chi connectivity index (χ4n) is 4.18. The van der Waals surface area contributed by atoms with Crippen LogP contribution < -0.4 is 0 Å². The lowest BCUT2D eigenvalue weighted by molar-refractivity contribution is 0.0419. The van der Waals surface area contributed by atoms with Crippen LogP contribution in [0.2, 0.25) is 0 Å². The number of esters is 1. The van der Waals surface area contributed by atoms with Gasteiger partial charge in [0.2, 0.25) is 0 Å². The molecular formula is C23H20F2N2O2. The number of hydrogen-bond acceptors (Lipinski definition) is 4. The number of carbonyl (C=O) groups is 1. The van der Waals surface area contributed by atoms with Gasteiger partial charge in [0.25, 0.3) is 0 Å². The number of ether oxygens (including phenoxy) is 1. The fraction of sp³-hybridized carbons (Fsp3) is 0.261. The third kappa shape index (κ3) is 3.28. The van der Waals surface area contributed by atoms with Crippen molar-refractivity contribution in [3.63, 3.8) is 0 Å². The van der Waals surface area contributed by atoms with Crippen LogP contribution in [0.25, 0.3) is 11.3 Å². The van der Waals surface area contributed by atoms with Crippen LogP contribution in [0.1, 0.15) is 36.3 Å². The van der Waals surface area contributed by atoms with Gasteiger partial charge in [-0.25, -0.2) is 18.6 Å². The van der Waals surface area contributed by atoms with Crippen LogP contribution >= 0.6 is 0 Å². The molecule has 0 spiro atoms. The summed E-state index contributed by atoms with van der Waals surface area (Å²) in [4.78, 5) is 20.8. The van der Waals surface area contributed by atoms with Crippen molar-refractivity contribution >= 4 is 5.97 Å². The van der Waals surface area contributed by atoms with Crippen LogP contribution in [0, 0.1) is 17.6 Å². The summed E-state index contributed by atoms with van der Waals surface area (Å²) < 4.78 is 34.8. The maximum absolute atomic E-state index is 14.8. The standard InChI is InChI=1S/C23H20F2N2O2/c1-3-15-21(29-22(28)19-9-5-7-11-27-19)23(15,2)16-12-14(24)13-17(25)20(16)18-8-4-6-10-26-18/h4-13,15,21H,3H2,1-2H3. The van der Waals surface area contributed by atoms with E-state index in [0.29, 0.717) is 17.7 Å². The zero-order chi connectivity index (χ0) is 20.6. The summed E-state index contributed by atoms with van der Waals surface area (Å²) in [5.41, 5.74) is 0.586. The first-order valence-electron chi connectivity index (χ1n) is 9.49. The third-order valence-electron chi connectivity index (χ3n) is 5.72. The topological polar surface area (TPSA) is 52.1 Å². The quantitative estimate of drug-likeness (QED) is 0.575. The van der Waals surface area contributed by atoms with E-state index in [9.17, 15) is 13.6 Å². The number of carbonyl (C=O) groups excluding carboxylic acids is 1. The van der Waals surface area contributed by atoms with E-state index in [1.165, 1.54) is 12.3 Å². The van der Waals surface area contributed by atoms with E-state index >= 15 is 0 Å². The van der Waals surface area contributed by atoms with E-state index in [1.807, 2.05) is 13.8 Å². The summed E-state index contributed by atoms with van der Waals surface area (Å²) in [7, 11) is 0. The van der Waals surface area contributed by atoms with Gasteiger partial charge < -0.3 is 4.74 Å². The summed E-state index contributed by atoms with van der Waals surface area (Å²) in [5.74, 6) is -1.97. The number of aromatic nitrogens is 2. The van der Waals surface area contributed by atoms with E-state index in [1.54, 1.807) is 42.6 Å². The molecule has 6 heteroatoms. The smallest absolute Gasteiger partial charge is 0.357 e. The van der Waals surface area contributed by atoms with Crippen LogP contribution in [0.15, 0.2) is 60.9 Å². The van der Waals surface area contributed by atoms with Crippen LogP contribution in [0.4, 0.5) is 8.78 Å². The summed E-state index contributed by atoms with van der Waals surface area (Å²) in [6.07, 6.45) is 3.26. The zero-order valence-electron chi connectivity index (χ0n) is 16.1. The van der Waals surface area contributed by atoms with Gasteiger partial charge >= 0.3 is 5.97 Å². The molecule has 0 saturated heterocycles. The molecule has 0 N–H and O–H groups in total. The number of benzene rings is 1. The monoisotopic (exact) mass is 394 g/mol. The van der Waals surface area contributed by atoms with Gasteiger partial charge in [-0.05, 0) is 42.3 Å². The number of hydrogen-bond donors (Lipinski definition) is 0. The van der Waals surface area contributed by atoms with Gasteiger partial charge in [-0.3, -0.25) is 4.98 Å². The molecule has 1 aromatic carbocycles. The Labute approximate surface area is 167 Å². The minimum absolute atomic E-state index is 0.0705. The molecule has 0 amide bonds. The predicted molar refractivity (Wildman–Crippen MR) is 104 cm³/mol. The minimum atomic E-state index is -0.727. The van der Waals surface area contributed by atoms with E-state index in [-0.39, 0.29) is 17.2 Å². The zero-order valence-corrected chi connectivity index (χ0v) is 16.1. The molecule has 2 aromatic heterocycles. The Balaban J connectivity index is 1.74. The molecular weight excluding hydrogens is 374 g/mol. The lowest BCUT2D eigenvalue weighted by atomic mass is 9.88. The first kappa shape index (κ1) is 19.2. The summed E-state index contributed by atoms with van der Waals surface area (Å²) in [6.45, 7) is 3.84. The molecule has 0 radical (unpaired) electrons. The summed E-state index contributed by atoms with van der Waals surface area (Å²) in [5, 5.41) is 0. The molecule has 2 heterocycles. The van der Waals surface area contributed by atoms with Crippen molar-refractivity contribution in [2.45, 2.75) is 31.8 Å². The van der Waals surface area contributed by atoms with Gasteiger partial charge in [-0.2, -0.15) is 0 Å². The van der Waals surface area contributed by atoms with E-state index in [0.717, 1.165) is 6.07 Å². The second-order valence-corrected chi connectivity index (χ2v) is 7.36. The van der Waals surface area contributed by atoms with Crippen molar-refractivity contribution in [3.05, 3.63) is 83.8 Å². The first-order chi connectivity index (χ1) is 14.0. The fourth-order valence-corrected chi connectivity index (χ4v) is 4.18. The van der Waals surface area contributed by atoms with Gasteiger partial charge in [0, 0.05) is 35.4 Å². The summed E-state index contributed by atoms with van der Waals surface area (Å²) >= 11 is 0. The summed E-state index contributed by atoms with van der Waals surface area (Å²) in [6, 6.07) is 12.3. The third-order valence-corrected chi connectivity index (χ3v) is 5.72. The average molecular weight is 394 g/mol. The molecule has 1 fully saturated rings. The minimum Gasteiger partial charge on any atom is -0.456 e. The SMILES string of the molecule is CCC1C(OC(=O)c2ccccn2)C1(C)c1cc(F)cc(F)c1-c1ccccn1. The number of rotatable bonds is 5. The van der Waals surface area contributed by atoms with Gasteiger partial charge in [-0.15, -0.1) is 0 Å². The van der Waals surface area contributed by atoms with Gasteiger partial charge in [-0.1, -0.05) is 26.0 Å². The Bertz CT molecular complexity index is 1040. The number of pyridine rings is 2. The molecule has 1 saturated carbocycles. The molecule has 148 valence electrons. The Kier molecular flexibility index (Phi) is 4.86. The molecule has 0 bridgehead atoms. The second kappa shape index (κ2) is 7.35. The first-order valence-corrected chi connectivity index (χ1v) is 9.49. The Morgan fingerprint density at radius 2 is 1.83 bits per heavy atom. The predicted octanol–water partition coefficient (Wildman–Crippen LogP) is 4.94. The molecule has 3 aromatic rings. The molecule has 29 heavy (non-hydrogen) atoms. The second-order valence-electron chi connectivity index (χ2n) is 7.36. The lowest BCUT2D eigenvalue weighted by Crippen LogP contribution is -2.17. The molecule has 4 rings (SSSR count). The maximum atomic E-state index is 14.8. The van der Waals surface area contributed by atoms with E-state index < -0.39 is 29.1 Å². The Morgan fingerprint density at radius 1 is 1.10 bits per heavy atom. The van der Waals surface area contributed by atoms with Crippen molar-refractivity contribution in [1.82, 2.24) is 9.97 Å². The van der Waals surface area contributed by atoms with Crippen LogP contribution in [0.5, 0.6) is 0 Å². The highest BCUT2D eigenvalue weighted by Crippen LogP contribution is 2.60. The van der Waals surface area contributed by atoms with Crippen molar-refractivity contribution in [3.8, 4) is 11.3 Å². The highest BCUT2D eigenvalue weighted by atomic mass is 19.1. The largest absolute Gasteiger partial charge is 0.456 e.